The zero-order valence-corrected chi connectivity index (χ0v) is 13.5. The fourth-order valence-electron chi connectivity index (χ4n) is 4.43. The third kappa shape index (κ3) is 2.16. The Morgan fingerprint density at radius 3 is 2.62 bits per heavy atom. The van der Waals surface area contributed by atoms with Gasteiger partial charge in [0.25, 0.3) is 0 Å². The average molecular weight is 310 g/mol. The van der Waals surface area contributed by atoms with Crippen LogP contribution in [-0.2, 0) is 10.0 Å². The van der Waals surface area contributed by atoms with Gasteiger partial charge in [-0.2, -0.15) is 0 Å². The summed E-state index contributed by atoms with van der Waals surface area (Å²) in [5.74, 6) is 0.546. The molecule has 0 spiro atoms. The lowest BCUT2D eigenvalue weighted by atomic mass is 9.69. The predicted octanol–water partition coefficient (Wildman–Crippen LogP) is 1.87. The van der Waals surface area contributed by atoms with Crippen molar-refractivity contribution < 1.29 is 8.42 Å². The van der Waals surface area contributed by atoms with E-state index in [4.69, 9.17) is 0 Å². The van der Waals surface area contributed by atoms with Crippen molar-refractivity contribution in [3.63, 3.8) is 0 Å². The summed E-state index contributed by atoms with van der Waals surface area (Å²) in [5.41, 5.74) is -0.572. The fourth-order valence-corrected chi connectivity index (χ4v) is 6.01. The molecule has 0 radical (unpaired) electrons. The van der Waals surface area contributed by atoms with Gasteiger partial charge in [-0.3, -0.25) is 4.79 Å². The smallest absolute Gasteiger partial charge is 0.246 e. The minimum absolute atomic E-state index is 0.0111. The SMILES string of the molecule is CC12CCC(C1)C(C)(C)C2NS(=O)(=O)c1c[nH]ccc1=O. The maximum Gasteiger partial charge on any atom is 0.246 e. The second kappa shape index (κ2) is 4.43. The van der Waals surface area contributed by atoms with Gasteiger partial charge in [-0.1, -0.05) is 20.8 Å². The topological polar surface area (TPSA) is 79.0 Å². The van der Waals surface area contributed by atoms with Crippen LogP contribution in [0.3, 0.4) is 0 Å². The standard InChI is InChI=1S/C15H22N2O3S/c1-14(2)10-4-6-15(3,8-10)13(14)17-21(19,20)12-9-16-7-5-11(12)18/h5,7,9-10,13,17H,4,6,8H2,1-3H3,(H,16,18). The van der Waals surface area contributed by atoms with Crippen LogP contribution in [-0.4, -0.2) is 19.4 Å². The minimum Gasteiger partial charge on any atom is -0.366 e. The normalized spacial score (nSPS) is 34.2. The van der Waals surface area contributed by atoms with Crippen molar-refractivity contribution in [2.24, 2.45) is 16.7 Å². The van der Waals surface area contributed by atoms with Gasteiger partial charge in [-0.05, 0) is 36.0 Å². The van der Waals surface area contributed by atoms with Crippen LogP contribution in [0.2, 0.25) is 0 Å². The van der Waals surface area contributed by atoms with E-state index in [1.165, 1.54) is 18.5 Å². The highest BCUT2D eigenvalue weighted by molar-refractivity contribution is 7.89. The summed E-state index contributed by atoms with van der Waals surface area (Å²) in [6.07, 6.45) is 5.95. The third-order valence-corrected chi connectivity index (χ3v) is 7.06. The second-order valence-electron chi connectivity index (χ2n) is 7.34. The molecule has 5 nitrogen and oxygen atoms in total. The van der Waals surface area contributed by atoms with E-state index in [-0.39, 0.29) is 21.8 Å². The molecule has 21 heavy (non-hydrogen) atoms. The molecule has 2 aliphatic carbocycles. The van der Waals surface area contributed by atoms with Crippen molar-refractivity contribution in [2.45, 2.75) is 51.0 Å². The summed E-state index contributed by atoms with van der Waals surface area (Å²) in [4.78, 5) is 14.3. The second-order valence-corrected chi connectivity index (χ2v) is 9.02. The van der Waals surface area contributed by atoms with E-state index in [9.17, 15) is 13.2 Å². The molecular formula is C15H22N2O3S. The van der Waals surface area contributed by atoms with E-state index < -0.39 is 15.5 Å². The zero-order valence-electron chi connectivity index (χ0n) is 12.6. The lowest BCUT2D eigenvalue weighted by Gasteiger charge is -2.42. The van der Waals surface area contributed by atoms with Crippen molar-refractivity contribution in [2.75, 3.05) is 0 Å². The number of aromatic amines is 1. The summed E-state index contributed by atoms with van der Waals surface area (Å²) in [6, 6.07) is 1.11. The molecule has 2 bridgehead atoms. The van der Waals surface area contributed by atoms with Gasteiger partial charge in [0.2, 0.25) is 15.5 Å². The highest BCUT2D eigenvalue weighted by Crippen LogP contribution is 2.62. The Labute approximate surface area is 125 Å². The van der Waals surface area contributed by atoms with Gasteiger partial charge >= 0.3 is 0 Å². The number of fused-ring (bicyclic) bond motifs is 2. The molecule has 116 valence electrons. The molecule has 6 heteroatoms. The van der Waals surface area contributed by atoms with Crippen LogP contribution < -0.4 is 10.2 Å². The van der Waals surface area contributed by atoms with Gasteiger partial charge in [-0.25, -0.2) is 13.1 Å². The number of sulfonamides is 1. The Bertz CT molecular complexity index is 718. The Morgan fingerprint density at radius 2 is 2.05 bits per heavy atom. The van der Waals surface area contributed by atoms with Crippen molar-refractivity contribution in [1.29, 1.82) is 0 Å². The van der Waals surface area contributed by atoms with Crippen LogP contribution in [0.1, 0.15) is 40.0 Å². The summed E-state index contributed by atoms with van der Waals surface area (Å²) in [7, 11) is -3.80. The van der Waals surface area contributed by atoms with E-state index in [0.717, 1.165) is 19.3 Å². The molecule has 0 amide bonds. The molecule has 3 atom stereocenters. The van der Waals surface area contributed by atoms with Gasteiger partial charge in [0.15, 0.2) is 0 Å². The van der Waals surface area contributed by atoms with E-state index in [1.807, 2.05) is 0 Å². The fraction of sp³-hybridized carbons (Fsp3) is 0.667. The Hall–Kier alpha value is -1.14. The number of rotatable bonds is 3. The van der Waals surface area contributed by atoms with E-state index >= 15 is 0 Å². The van der Waals surface area contributed by atoms with Gasteiger partial charge in [0.1, 0.15) is 4.90 Å². The van der Waals surface area contributed by atoms with E-state index in [0.29, 0.717) is 5.92 Å². The van der Waals surface area contributed by atoms with Crippen LogP contribution in [0.5, 0.6) is 0 Å². The molecule has 2 N–H and O–H groups in total. The largest absolute Gasteiger partial charge is 0.366 e. The number of pyridine rings is 1. The molecule has 1 heterocycles. The van der Waals surface area contributed by atoms with Crippen LogP contribution in [0, 0.1) is 16.7 Å². The molecule has 1 aromatic heterocycles. The Kier molecular flexibility index (Phi) is 3.12. The van der Waals surface area contributed by atoms with Gasteiger partial charge in [0, 0.05) is 24.5 Å². The number of hydrogen-bond donors (Lipinski definition) is 2. The van der Waals surface area contributed by atoms with E-state index in [1.54, 1.807) is 0 Å². The first-order chi connectivity index (χ1) is 9.67. The Morgan fingerprint density at radius 1 is 1.33 bits per heavy atom. The number of aromatic nitrogens is 1. The highest BCUT2D eigenvalue weighted by atomic mass is 32.2. The van der Waals surface area contributed by atoms with Crippen LogP contribution in [0.15, 0.2) is 28.2 Å². The summed E-state index contributed by atoms with van der Waals surface area (Å²) < 4.78 is 28.0. The molecule has 0 aliphatic heterocycles. The van der Waals surface area contributed by atoms with Crippen molar-refractivity contribution in [3.8, 4) is 0 Å². The summed E-state index contributed by atoms with van der Waals surface area (Å²) in [5, 5.41) is 0. The van der Waals surface area contributed by atoms with Gasteiger partial charge in [-0.15, -0.1) is 0 Å². The molecule has 0 saturated heterocycles. The third-order valence-electron chi connectivity index (χ3n) is 5.62. The maximum atomic E-state index is 12.6. The van der Waals surface area contributed by atoms with E-state index in [2.05, 4.69) is 30.5 Å². The zero-order chi connectivity index (χ0) is 15.5. The van der Waals surface area contributed by atoms with Crippen LogP contribution >= 0.6 is 0 Å². The first-order valence-corrected chi connectivity index (χ1v) is 8.85. The minimum atomic E-state index is -3.80. The molecule has 3 rings (SSSR count). The lowest BCUT2D eigenvalue weighted by molar-refractivity contribution is 0.127. The predicted molar refractivity (Wildman–Crippen MR) is 80.4 cm³/mol. The number of H-pyrrole nitrogens is 1. The highest BCUT2D eigenvalue weighted by Gasteiger charge is 2.60. The monoisotopic (exact) mass is 310 g/mol. The molecule has 1 aromatic rings. The molecule has 2 fully saturated rings. The van der Waals surface area contributed by atoms with Gasteiger partial charge < -0.3 is 4.98 Å². The molecule has 2 saturated carbocycles. The summed E-state index contributed by atoms with van der Waals surface area (Å²) >= 11 is 0. The number of nitrogens with one attached hydrogen (secondary N) is 2. The number of hydrogen-bond acceptors (Lipinski definition) is 3. The quantitative estimate of drug-likeness (QED) is 0.894. The van der Waals surface area contributed by atoms with Crippen molar-refractivity contribution in [1.82, 2.24) is 9.71 Å². The molecule has 2 aliphatic rings. The first kappa shape index (κ1) is 14.8. The van der Waals surface area contributed by atoms with Crippen LogP contribution in [0.25, 0.3) is 0 Å². The maximum absolute atomic E-state index is 12.6. The molecular weight excluding hydrogens is 288 g/mol. The van der Waals surface area contributed by atoms with Gasteiger partial charge in [0.05, 0.1) is 0 Å². The lowest BCUT2D eigenvalue weighted by Crippen LogP contribution is -2.52. The Balaban J connectivity index is 1.97. The first-order valence-electron chi connectivity index (χ1n) is 7.36. The van der Waals surface area contributed by atoms with Crippen LogP contribution in [0.4, 0.5) is 0 Å². The van der Waals surface area contributed by atoms with Crippen molar-refractivity contribution in [3.05, 3.63) is 28.7 Å². The average Bonchev–Trinajstić information content (AvgIpc) is 2.86. The molecule has 3 unspecified atom stereocenters. The molecule has 0 aromatic carbocycles. The summed E-state index contributed by atoms with van der Waals surface area (Å²) in [6.45, 7) is 6.42. The van der Waals surface area contributed by atoms with Crippen molar-refractivity contribution >= 4 is 10.0 Å².